The van der Waals surface area contributed by atoms with E-state index in [2.05, 4.69) is 40.3 Å². The van der Waals surface area contributed by atoms with Crippen LogP contribution in [0.2, 0.25) is 0 Å². The van der Waals surface area contributed by atoms with Crippen LogP contribution in [0.25, 0.3) is 0 Å². The summed E-state index contributed by atoms with van der Waals surface area (Å²) in [4.78, 5) is 9.47. The van der Waals surface area contributed by atoms with Crippen LogP contribution in [0.4, 0.5) is 0 Å². The van der Waals surface area contributed by atoms with Crippen LogP contribution in [0.3, 0.4) is 0 Å². The molecule has 3 nitrogen and oxygen atoms in total. The average molecular weight is 419 g/mol. The predicted molar refractivity (Wildman–Crippen MR) is 122 cm³/mol. The van der Waals surface area contributed by atoms with Crippen LogP contribution >= 0.6 is 0 Å². The highest BCUT2D eigenvalue weighted by Gasteiger charge is 2.11. The summed E-state index contributed by atoms with van der Waals surface area (Å²) >= 11 is 0. The highest BCUT2D eigenvalue weighted by atomic mass is 35.5. The third kappa shape index (κ3) is 30.2. The Hall–Kier alpha value is -0.540. The highest BCUT2D eigenvalue weighted by molar-refractivity contribution is 5.84. The summed E-state index contributed by atoms with van der Waals surface area (Å²) in [5, 5.41) is 0. The van der Waals surface area contributed by atoms with Crippen molar-refractivity contribution in [2.45, 2.75) is 110 Å². The Bertz CT molecular complexity index is 333. The second-order valence-electron chi connectivity index (χ2n) is 8.59. The van der Waals surface area contributed by atoms with Crippen molar-refractivity contribution in [3.05, 3.63) is 12.7 Å². The van der Waals surface area contributed by atoms with E-state index in [1.165, 1.54) is 114 Å². The first-order valence-corrected chi connectivity index (χ1v) is 11.6. The number of unbranched alkanes of at least 4 members (excludes halogenated alkanes) is 13. The van der Waals surface area contributed by atoms with Crippen molar-refractivity contribution in [2.75, 3.05) is 27.2 Å². The van der Waals surface area contributed by atoms with Crippen molar-refractivity contribution in [1.29, 1.82) is 0 Å². The summed E-state index contributed by atoms with van der Waals surface area (Å²) in [6, 6.07) is 0. The molecule has 0 aliphatic carbocycles. The van der Waals surface area contributed by atoms with Gasteiger partial charge in [0.15, 0.2) is 0 Å². The second-order valence-corrected chi connectivity index (χ2v) is 8.59. The van der Waals surface area contributed by atoms with Gasteiger partial charge < -0.3 is 22.6 Å². The van der Waals surface area contributed by atoms with E-state index in [0.29, 0.717) is 0 Å². The topological polar surface area (TPSA) is 43.1 Å². The molecule has 0 radical (unpaired) electrons. The van der Waals surface area contributed by atoms with Gasteiger partial charge in [-0.15, -0.1) is 0 Å². The molecule has 0 saturated heterocycles. The van der Waals surface area contributed by atoms with Gasteiger partial charge in [-0.1, -0.05) is 97.5 Å². The fraction of sp³-hybridized carbons (Fsp3) is 0.875. The number of carbonyl (C=O) groups is 1. The predicted octanol–water partition coefficient (Wildman–Crippen LogP) is 3.62. The van der Waals surface area contributed by atoms with Gasteiger partial charge in [0, 0.05) is 0 Å². The molecule has 0 fully saturated rings. The van der Waals surface area contributed by atoms with E-state index >= 15 is 0 Å². The minimum Gasteiger partial charge on any atom is -1.00 e. The van der Waals surface area contributed by atoms with Crippen LogP contribution < -0.4 is 18.1 Å². The van der Waals surface area contributed by atoms with Crippen molar-refractivity contribution < 1.29 is 21.7 Å². The zero-order valence-corrected chi connectivity index (χ0v) is 20.4. The van der Waals surface area contributed by atoms with Crippen LogP contribution in [-0.4, -0.2) is 37.6 Å². The number of hydrogen-bond donors (Lipinski definition) is 1. The third-order valence-corrected chi connectivity index (χ3v) is 5.15. The maximum Gasteiger partial charge on any atom is 0.240 e. The molecule has 0 spiro atoms. The van der Waals surface area contributed by atoms with Gasteiger partial charge in [-0.25, -0.2) is 0 Å². The SMILES string of the molecule is C=CC(N)=O.CCCCCCCCCCCCCCCC[N+](C)(C)CCC.[Cl-]. The van der Waals surface area contributed by atoms with Crippen LogP contribution in [0.1, 0.15) is 110 Å². The van der Waals surface area contributed by atoms with Crippen LogP contribution in [-0.2, 0) is 4.79 Å². The van der Waals surface area contributed by atoms with Crippen molar-refractivity contribution in [3.8, 4) is 0 Å². The Morgan fingerprint density at radius 2 is 1.04 bits per heavy atom. The lowest BCUT2D eigenvalue weighted by atomic mass is 10.0. The molecule has 2 N–H and O–H groups in total. The average Bonchev–Trinajstić information content (AvgIpc) is 2.62. The minimum absolute atomic E-state index is 0. The van der Waals surface area contributed by atoms with E-state index in [1.54, 1.807) is 0 Å². The molecule has 0 aromatic heterocycles. The number of nitrogens with two attached hydrogens (primary N) is 1. The molecule has 0 aromatic carbocycles. The normalized spacial score (nSPS) is 10.6. The zero-order chi connectivity index (χ0) is 20.8. The van der Waals surface area contributed by atoms with Gasteiger partial charge in [0.05, 0.1) is 27.2 Å². The van der Waals surface area contributed by atoms with E-state index < -0.39 is 5.91 Å². The van der Waals surface area contributed by atoms with Crippen molar-refractivity contribution >= 4 is 5.91 Å². The first kappa shape index (κ1) is 32.1. The molecule has 0 aliphatic heterocycles. The van der Waals surface area contributed by atoms with Gasteiger partial charge in [0.2, 0.25) is 5.91 Å². The molecule has 1 amide bonds. The number of rotatable bonds is 18. The number of hydrogen-bond acceptors (Lipinski definition) is 1. The molecule has 0 atom stereocenters. The summed E-state index contributed by atoms with van der Waals surface area (Å²) in [5.41, 5.74) is 4.53. The third-order valence-electron chi connectivity index (χ3n) is 5.15. The fourth-order valence-corrected chi connectivity index (χ4v) is 3.45. The molecule has 0 saturated carbocycles. The summed E-state index contributed by atoms with van der Waals surface area (Å²) in [7, 11) is 4.76. The Labute approximate surface area is 183 Å². The van der Waals surface area contributed by atoms with Crippen molar-refractivity contribution in [1.82, 2.24) is 0 Å². The monoisotopic (exact) mass is 418 g/mol. The largest absolute Gasteiger partial charge is 1.00 e. The highest BCUT2D eigenvalue weighted by Crippen LogP contribution is 2.13. The van der Waals surface area contributed by atoms with Crippen LogP contribution in [0.5, 0.6) is 0 Å². The van der Waals surface area contributed by atoms with Crippen molar-refractivity contribution in [3.63, 3.8) is 0 Å². The molecule has 0 rings (SSSR count). The van der Waals surface area contributed by atoms with Gasteiger partial charge in [0.1, 0.15) is 0 Å². The Morgan fingerprint density at radius 1 is 0.714 bits per heavy atom. The summed E-state index contributed by atoms with van der Waals surface area (Å²) in [6.07, 6.45) is 22.8. The smallest absolute Gasteiger partial charge is 0.240 e. The Morgan fingerprint density at radius 3 is 1.32 bits per heavy atom. The molecule has 0 unspecified atom stereocenters. The first-order chi connectivity index (χ1) is 12.9. The number of carbonyl (C=O) groups excluding carboxylic acids is 1. The number of quaternary nitrogens is 1. The fourth-order valence-electron chi connectivity index (χ4n) is 3.45. The van der Waals surface area contributed by atoms with Gasteiger partial charge in [-0.2, -0.15) is 0 Å². The van der Waals surface area contributed by atoms with Gasteiger partial charge in [-0.3, -0.25) is 4.79 Å². The molecule has 0 aliphatic rings. The van der Waals surface area contributed by atoms with Gasteiger partial charge in [-0.05, 0) is 25.3 Å². The Balaban J connectivity index is -0.000000918. The van der Waals surface area contributed by atoms with E-state index in [-0.39, 0.29) is 12.4 Å². The van der Waals surface area contributed by atoms with E-state index in [9.17, 15) is 4.79 Å². The molecule has 0 bridgehead atoms. The molecule has 0 aromatic rings. The lowest BCUT2D eigenvalue weighted by Crippen LogP contribution is -3.00. The maximum absolute atomic E-state index is 9.47. The second kappa shape index (κ2) is 24.5. The molecular formula is C24H51ClN2O. The van der Waals surface area contributed by atoms with E-state index in [4.69, 9.17) is 0 Å². The van der Waals surface area contributed by atoms with Crippen molar-refractivity contribution in [2.24, 2.45) is 5.73 Å². The van der Waals surface area contributed by atoms with Crippen LogP contribution in [0.15, 0.2) is 12.7 Å². The summed E-state index contributed by atoms with van der Waals surface area (Å²) < 4.78 is 1.22. The summed E-state index contributed by atoms with van der Waals surface area (Å²) in [5.74, 6) is -0.481. The lowest BCUT2D eigenvalue weighted by Gasteiger charge is -2.29. The molecule has 28 heavy (non-hydrogen) atoms. The number of primary amides is 1. The number of halogens is 1. The molecule has 4 heteroatoms. The van der Waals surface area contributed by atoms with E-state index in [1.807, 2.05) is 0 Å². The quantitative estimate of drug-likeness (QED) is 0.206. The standard InChI is InChI=1S/C21H46N.C3H5NO.ClH/c1-5-7-8-9-10-11-12-13-14-15-16-17-18-19-21-22(3,4)20-6-2;1-2-3(4)5;/h5-21H2,1-4H3;2H,1H2,(H2,4,5);1H/q+1;;/p-1. The minimum atomic E-state index is -0.481. The van der Waals surface area contributed by atoms with E-state index in [0.717, 1.165) is 6.08 Å². The molecular weight excluding hydrogens is 368 g/mol. The van der Waals surface area contributed by atoms with Gasteiger partial charge >= 0.3 is 0 Å². The molecule has 0 heterocycles. The molecule has 170 valence electrons. The van der Waals surface area contributed by atoms with Gasteiger partial charge in [0.25, 0.3) is 0 Å². The first-order valence-electron chi connectivity index (χ1n) is 11.6. The number of amides is 1. The Kier molecular flexibility index (Phi) is 28.1. The lowest BCUT2D eigenvalue weighted by molar-refractivity contribution is -0.890. The van der Waals surface area contributed by atoms with Crippen LogP contribution in [0, 0.1) is 0 Å². The maximum atomic E-state index is 9.47. The summed E-state index contributed by atoms with van der Waals surface area (Å²) in [6.45, 7) is 10.4. The zero-order valence-electron chi connectivity index (χ0n) is 19.6. The number of nitrogens with zero attached hydrogens (tertiary/aromatic N) is 1.